The van der Waals surface area contributed by atoms with Crippen LogP contribution in [0, 0.1) is 12.7 Å². The normalized spacial score (nSPS) is 27.3. The number of halogens is 1. The SMILES string of the molecule is Cc1cc(N(C)C2CCC(O)(CN)CC2)ccc1F. The molecule has 19 heavy (non-hydrogen) atoms. The third-order valence-corrected chi connectivity index (χ3v) is 4.36. The Morgan fingerprint density at radius 2 is 2.05 bits per heavy atom. The van der Waals surface area contributed by atoms with Crippen molar-refractivity contribution < 1.29 is 9.50 Å². The molecule has 0 spiro atoms. The van der Waals surface area contributed by atoms with E-state index < -0.39 is 5.60 Å². The Kier molecular flexibility index (Phi) is 4.11. The summed E-state index contributed by atoms with van der Waals surface area (Å²) in [6.07, 6.45) is 3.30. The Labute approximate surface area is 114 Å². The molecular weight excluding hydrogens is 243 g/mol. The van der Waals surface area contributed by atoms with Crippen LogP contribution in [0.4, 0.5) is 10.1 Å². The van der Waals surface area contributed by atoms with Gasteiger partial charge in [-0.05, 0) is 56.4 Å². The molecule has 4 heteroatoms. The second-order valence-corrected chi connectivity index (χ2v) is 5.70. The number of nitrogens with two attached hydrogens (primary N) is 1. The van der Waals surface area contributed by atoms with Gasteiger partial charge in [-0.2, -0.15) is 0 Å². The molecule has 0 saturated heterocycles. The summed E-state index contributed by atoms with van der Waals surface area (Å²) in [5, 5.41) is 10.1. The molecule has 0 radical (unpaired) electrons. The second kappa shape index (κ2) is 5.47. The quantitative estimate of drug-likeness (QED) is 0.882. The van der Waals surface area contributed by atoms with Crippen molar-refractivity contribution in [2.75, 3.05) is 18.5 Å². The van der Waals surface area contributed by atoms with Crippen LogP contribution >= 0.6 is 0 Å². The highest BCUT2D eigenvalue weighted by molar-refractivity contribution is 5.49. The summed E-state index contributed by atoms with van der Waals surface area (Å²) >= 11 is 0. The Morgan fingerprint density at radius 3 is 2.58 bits per heavy atom. The van der Waals surface area contributed by atoms with Crippen LogP contribution < -0.4 is 10.6 Å². The lowest BCUT2D eigenvalue weighted by molar-refractivity contribution is 0.00800. The first-order valence-electron chi connectivity index (χ1n) is 6.87. The molecule has 1 aliphatic carbocycles. The average molecular weight is 266 g/mol. The summed E-state index contributed by atoms with van der Waals surface area (Å²) in [5.74, 6) is -0.168. The van der Waals surface area contributed by atoms with Gasteiger partial charge in [0, 0.05) is 25.3 Å². The number of anilines is 1. The summed E-state index contributed by atoms with van der Waals surface area (Å²) in [6.45, 7) is 2.11. The Bertz CT molecular complexity index is 442. The Balaban J connectivity index is 2.05. The molecule has 1 saturated carbocycles. The molecule has 1 aliphatic rings. The highest BCUT2D eigenvalue weighted by atomic mass is 19.1. The van der Waals surface area contributed by atoms with Crippen molar-refractivity contribution in [3.63, 3.8) is 0 Å². The van der Waals surface area contributed by atoms with Gasteiger partial charge in [0.15, 0.2) is 0 Å². The fourth-order valence-corrected chi connectivity index (χ4v) is 2.79. The smallest absolute Gasteiger partial charge is 0.126 e. The molecule has 1 aromatic carbocycles. The predicted molar refractivity (Wildman–Crippen MR) is 75.8 cm³/mol. The van der Waals surface area contributed by atoms with Gasteiger partial charge in [-0.1, -0.05) is 0 Å². The van der Waals surface area contributed by atoms with Crippen molar-refractivity contribution in [1.82, 2.24) is 0 Å². The molecule has 0 bridgehead atoms. The molecule has 2 rings (SSSR count). The van der Waals surface area contributed by atoms with E-state index in [1.807, 2.05) is 19.2 Å². The minimum absolute atomic E-state index is 0.168. The summed E-state index contributed by atoms with van der Waals surface area (Å²) in [6, 6.07) is 5.59. The average Bonchev–Trinajstić information content (AvgIpc) is 2.42. The van der Waals surface area contributed by atoms with Crippen molar-refractivity contribution >= 4 is 5.69 Å². The summed E-state index contributed by atoms with van der Waals surface area (Å²) in [4.78, 5) is 2.18. The minimum atomic E-state index is -0.684. The number of nitrogens with zero attached hydrogens (tertiary/aromatic N) is 1. The van der Waals surface area contributed by atoms with Gasteiger partial charge in [0.05, 0.1) is 5.60 Å². The summed E-state index contributed by atoms with van der Waals surface area (Å²) in [5.41, 5.74) is 6.61. The molecule has 0 aromatic heterocycles. The van der Waals surface area contributed by atoms with E-state index >= 15 is 0 Å². The van der Waals surface area contributed by atoms with E-state index in [-0.39, 0.29) is 5.82 Å². The molecule has 0 atom stereocenters. The van der Waals surface area contributed by atoms with Crippen LogP contribution in [0.1, 0.15) is 31.2 Å². The van der Waals surface area contributed by atoms with Crippen LogP contribution in [0.3, 0.4) is 0 Å². The van der Waals surface area contributed by atoms with Crippen LogP contribution in [-0.2, 0) is 0 Å². The number of rotatable bonds is 3. The number of benzene rings is 1. The maximum absolute atomic E-state index is 13.3. The fraction of sp³-hybridized carbons (Fsp3) is 0.600. The van der Waals surface area contributed by atoms with Gasteiger partial charge in [0.2, 0.25) is 0 Å². The zero-order valence-electron chi connectivity index (χ0n) is 11.7. The highest BCUT2D eigenvalue weighted by Crippen LogP contribution is 2.32. The van der Waals surface area contributed by atoms with Crippen molar-refractivity contribution in [1.29, 1.82) is 0 Å². The molecule has 1 fully saturated rings. The third kappa shape index (κ3) is 3.07. The molecule has 0 amide bonds. The van der Waals surface area contributed by atoms with Gasteiger partial charge in [-0.25, -0.2) is 4.39 Å². The van der Waals surface area contributed by atoms with Crippen LogP contribution in [0.15, 0.2) is 18.2 Å². The fourth-order valence-electron chi connectivity index (χ4n) is 2.79. The molecular formula is C15H23FN2O. The number of aryl methyl sites for hydroxylation is 1. The lowest BCUT2D eigenvalue weighted by atomic mass is 9.81. The first-order chi connectivity index (χ1) is 8.95. The van der Waals surface area contributed by atoms with Crippen LogP contribution in [0.5, 0.6) is 0 Å². The van der Waals surface area contributed by atoms with E-state index in [1.165, 1.54) is 6.07 Å². The largest absolute Gasteiger partial charge is 0.389 e. The van der Waals surface area contributed by atoms with E-state index in [9.17, 15) is 9.50 Å². The first-order valence-corrected chi connectivity index (χ1v) is 6.87. The van der Waals surface area contributed by atoms with Gasteiger partial charge in [-0.15, -0.1) is 0 Å². The molecule has 0 heterocycles. The first kappa shape index (κ1) is 14.3. The van der Waals surface area contributed by atoms with E-state index in [2.05, 4.69) is 4.90 Å². The highest BCUT2D eigenvalue weighted by Gasteiger charge is 2.33. The third-order valence-electron chi connectivity index (χ3n) is 4.36. The van der Waals surface area contributed by atoms with Crippen LogP contribution in [0.2, 0.25) is 0 Å². The summed E-state index contributed by atoms with van der Waals surface area (Å²) in [7, 11) is 2.03. The van der Waals surface area contributed by atoms with Gasteiger partial charge in [0.1, 0.15) is 5.82 Å². The standard InChI is InChI=1S/C15H23FN2O/c1-11-9-13(3-4-14(11)16)18(2)12-5-7-15(19,10-17)8-6-12/h3-4,9,12,19H,5-8,10,17H2,1-2H3. The summed E-state index contributed by atoms with van der Waals surface area (Å²) < 4.78 is 13.3. The van der Waals surface area contributed by atoms with Gasteiger partial charge < -0.3 is 15.7 Å². The topological polar surface area (TPSA) is 49.5 Å². The maximum atomic E-state index is 13.3. The Morgan fingerprint density at radius 1 is 1.42 bits per heavy atom. The predicted octanol–water partition coefficient (Wildman–Crippen LogP) is 2.20. The van der Waals surface area contributed by atoms with Crippen LogP contribution in [-0.4, -0.2) is 30.3 Å². The van der Waals surface area contributed by atoms with Gasteiger partial charge in [-0.3, -0.25) is 0 Å². The molecule has 3 nitrogen and oxygen atoms in total. The van der Waals surface area contributed by atoms with Crippen molar-refractivity contribution in [3.05, 3.63) is 29.6 Å². The van der Waals surface area contributed by atoms with Gasteiger partial charge >= 0.3 is 0 Å². The van der Waals surface area contributed by atoms with Crippen molar-refractivity contribution in [3.8, 4) is 0 Å². The second-order valence-electron chi connectivity index (χ2n) is 5.70. The molecule has 0 unspecified atom stereocenters. The zero-order valence-corrected chi connectivity index (χ0v) is 11.7. The minimum Gasteiger partial charge on any atom is -0.389 e. The maximum Gasteiger partial charge on any atom is 0.126 e. The number of hydrogen-bond donors (Lipinski definition) is 2. The molecule has 3 N–H and O–H groups in total. The zero-order chi connectivity index (χ0) is 14.0. The van der Waals surface area contributed by atoms with E-state index in [4.69, 9.17) is 5.73 Å². The van der Waals surface area contributed by atoms with Crippen molar-refractivity contribution in [2.24, 2.45) is 5.73 Å². The molecule has 1 aromatic rings. The molecule has 106 valence electrons. The lowest BCUT2D eigenvalue weighted by Gasteiger charge is -2.40. The van der Waals surface area contributed by atoms with Gasteiger partial charge in [0.25, 0.3) is 0 Å². The Hall–Kier alpha value is -1.13. The number of hydrogen-bond acceptors (Lipinski definition) is 3. The molecule has 0 aliphatic heterocycles. The number of aliphatic hydroxyl groups is 1. The van der Waals surface area contributed by atoms with Crippen molar-refractivity contribution in [2.45, 2.75) is 44.2 Å². The lowest BCUT2D eigenvalue weighted by Crippen LogP contribution is -2.46. The van der Waals surface area contributed by atoms with E-state index in [1.54, 1.807) is 6.92 Å². The van der Waals surface area contributed by atoms with Crippen LogP contribution in [0.25, 0.3) is 0 Å². The van der Waals surface area contributed by atoms with E-state index in [0.717, 1.165) is 31.4 Å². The van der Waals surface area contributed by atoms with E-state index in [0.29, 0.717) is 18.2 Å². The monoisotopic (exact) mass is 266 g/mol.